The lowest BCUT2D eigenvalue weighted by molar-refractivity contribution is 0.617. The van der Waals surface area contributed by atoms with Crippen LogP contribution in [0.15, 0.2) is 28.7 Å². The maximum Gasteiger partial charge on any atom is 0.0351 e. The molecule has 1 nitrogen and oxygen atoms in total. The average molecular weight is 284 g/mol. The number of hydrogen-bond acceptors (Lipinski definition) is 1. The molecule has 0 amide bonds. The molecule has 0 saturated carbocycles. The zero-order valence-electron chi connectivity index (χ0n) is 10.1. The van der Waals surface area contributed by atoms with Crippen LogP contribution in [0.25, 0.3) is 0 Å². The van der Waals surface area contributed by atoms with Crippen LogP contribution < -0.4 is 5.32 Å². The molecule has 2 heteroatoms. The molecule has 0 radical (unpaired) electrons. The van der Waals surface area contributed by atoms with Crippen molar-refractivity contribution in [3.05, 3.63) is 28.7 Å². The number of anilines is 1. The van der Waals surface area contributed by atoms with Gasteiger partial charge >= 0.3 is 0 Å². The summed E-state index contributed by atoms with van der Waals surface area (Å²) in [4.78, 5) is 0. The Morgan fingerprint density at radius 2 is 1.81 bits per heavy atom. The third-order valence-corrected chi connectivity index (χ3v) is 3.18. The van der Waals surface area contributed by atoms with E-state index in [1.54, 1.807) is 0 Å². The normalized spacial score (nSPS) is 10.4. The number of hydrogen-bond donors (Lipinski definition) is 1. The van der Waals surface area contributed by atoms with Crippen LogP contribution >= 0.6 is 15.9 Å². The van der Waals surface area contributed by atoms with E-state index in [9.17, 15) is 0 Å². The fourth-order valence-electron chi connectivity index (χ4n) is 1.74. The summed E-state index contributed by atoms with van der Waals surface area (Å²) in [5, 5.41) is 3.45. The molecule has 0 bridgehead atoms. The summed E-state index contributed by atoms with van der Waals surface area (Å²) in [5.74, 6) is 0. The number of halogens is 1. The van der Waals surface area contributed by atoms with E-state index < -0.39 is 0 Å². The molecule has 0 atom stereocenters. The Morgan fingerprint density at radius 1 is 1.06 bits per heavy atom. The predicted molar refractivity (Wildman–Crippen MR) is 76.0 cm³/mol. The lowest BCUT2D eigenvalue weighted by Crippen LogP contribution is -2.00. The van der Waals surface area contributed by atoms with Crippen LogP contribution in [-0.2, 0) is 0 Å². The molecule has 0 heterocycles. The van der Waals surface area contributed by atoms with Crippen LogP contribution in [-0.4, -0.2) is 6.54 Å². The summed E-state index contributed by atoms with van der Waals surface area (Å²) in [5.41, 5.74) is 1.21. The van der Waals surface area contributed by atoms with E-state index >= 15 is 0 Å². The van der Waals surface area contributed by atoms with Crippen LogP contribution in [0.4, 0.5) is 5.69 Å². The maximum atomic E-state index is 3.47. The first kappa shape index (κ1) is 13.6. The zero-order chi connectivity index (χ0) is 11.6. The first-order chi connectivity index (χ1) is 7.83. The van der Waals surface area contributed by atoms with Gasteiger partial charge < -0.3 is 5.32 Å². The Bertz CT molecular complexity index is 286. The smallest absolute Gasteiger partial charge is 0.0351 e. The second-order valence-corrected chi connectivity index (χ2v) is 5.12. The molecule has 0 aliphatic carbocycles. The highest BCUT2D eigenvalue weighted by atomic mass is 79.9. The topological polar surface area (TPSA) is 12.0 Å². The van der Waals surface area contributed by atoms with Crippen LogP contribution in [0.3, 0.4) is 0 Å². The highest BCUT2D eigenvalue weighted by Crippen LogP contribution is 2.15. The Balaban J connectivity index is 2.03. The van der Waals surface area contributed by atoms with E-state index in [0.717, 1.165) is 11.0 Å². The molecule has 0 saturated heterocycles. The molecular weight excluding hydrogens is 262 g/mol. The van der Waals surface area contributed by atoms with Crippen LogP contribution in [0, 0.1) is 0 Å². The van der Waals surface area contributed by atoms with Crippen molar-refractivity contribution in [2.24, 2.45) is 0 Å². The first-order valence-electron chi connectivity index (χ1n) is 6.32. The molecule has 16 heavy (non-hydrogen) atoms. The predicted octanol–water partition coefficient (Wildman–Crippen LogP) is 5.22. The fraction of sp³-hybridized carbons (Fsp3) is 0.571. The molecule has 1 rings (SSSR count). The zero-order valence-corrected chi connectivity index (χ0v) is 11.7. The van der Waals surface area contributed by atoms with E-state index in [-0.39, 0.29) is 0 Å². The van der Waals surface area contributed by atoms with Gasteiger partial charge in [0.2, 0.25) is 0 Å². The van der Waals surface area contributed by atoms with Crippen LogP contribution in [0.5, 0.6) is 0 Å². The third-order valence-electron chi connectivity index (χ3n) is 2.68. The van der Waals surface area contributed by atoms with Crippen molar-refractivity contribution in [2.45, 2.75) is 45.4 Å². The van der Waals surface area contributed by atoms with Crippen molar-refractivity contribution in [3.63, 3.8) is 0 Å². The maximum absolute atomic E-state index is 3.47. The van der Waals surface area contributed by atoms with E-state index in [4.69, 9.17) is 0 Å². The molecule has 1 aromatic rings. The molecule has 0 unspecified atom stereocenters. The summed E-state index contributed by atoms with van der Waals surface area (Å²) >= 11 is 3.47. The monoisotopic (exact) mass is 283 g/mol. The second kappa shape index (κ2) is 8.63. The minimum absolute atomic E-state index is 1.09. The number of unbranched alkanes of at least 4 members (excludes halogenated alkanes) is 5. The summed E-state index contributed by atoms with van der Waals surface area (Å²) in [6, 6.07) is 8.35. The minimum atomic E-state index is 1.09. The van der Waals surface area contributed by atoms with E-state index in [2.05, 4.69) is 52.4 Å². The van der Waals surface area contributed by atoms with Crippen molar-refractivity contribution in [2.75, 3.05) is 11.9 Å². The quantitative estimate of drug-likeness (QED) is 0.645. The van der Waals surface area contributed by atoms with Gasteiger partial charge in [0, 0.05) is 16.7 Å². The van der Waals surface area contributed by atoms with Crippen molar-refractivity contribution in [1.82, 2.24) is 0 Å². The number of benzene rings is 1. The Morgan fingerprint density at radius 3 is 2.56 bits per heavy atom. The van der Waals surface area contributed by atoms with E-state index in [0.29, 0.717) is 0 Å². The molecule has 1 aromatic carbocycles. The molecule has 0 aromatic heterocycles. The summed E-state index contributed by atoms with van der Waals surface area (Å²) in [7, 11) is 0. The van der Waals surface area contributed by atoms with Gasteiger partial charge in [-0.25, -0.2) is 0 Å². The van der Waals surface area contributed by atoms with Crippen LogP contribution in [0.2, 0.25) is 0 Å². The largest absolute Gasteiger partial charge is 0.385 e. The van der Waals surface area contributed by atoms with Gasteiger partial charge in [-0.15, -0.1) is 0 Å². The Hall–Kier alpha value is -0.500. The lowest BCUT2D eigenvalue weighted by atomic mass is 10.1. The average Bonchev–Trinajstić information content (AvgIpc) is 2.28. The fourth-order valence-corrected chi connectivity index (χ4v) is 2.14. The number of rotatable bonds is 8. The van der Waals surface area contributed by atoms with Gasteiger partial charge in [-0.05, 0) is 24.6 Å². The van der Waals surface area contributed by atoms with Crippen molar-refractivity contribution in [1.29, 1.82) is 0 Å². The molecule has 0 aliphatic heterocycles. The summed E-state index contributed by atoms with van der Waals surface area (Å²) in [6.45, 7) is 3.34. The van der Waals surface area contributed by atoms with Gasteiger partial charge in [-0.1, -0.05) is 61.0 Å². The van der Waals surface area contributed by atoms with Gasteiger partial charge in [0.05, 0.1) is 0 Å². The first-order valence-corrected chi connectivity index (χ1v) is 7.11. The highest BCUT2D eigenvalue weighted by Gasteiger charge is 1.93. The number of nitrogens with one attached hydrogen (secondary N) is 1. The van der Waals surface area contributed by atoms with E-state index in [1.807, 2.05) is 0 Å². The molecular formula is C14H22BrN. The molecule has 1 N–H and O–H groups in total. The Labute approximate surface area is 108 Å². The summed E-state index contributed by atoms with van der Waals surface area (Å²) in [6.07, 6.45) is 8.12. The van der Waals surface area contributed by atoms with Gasteiger partial charge in [0.15, 0.2) is 0 Å². The van der Waals surface area contributed by atoms with Crippen molar-refractivity contribution >= 4 is 21.6 Å². The third kappa shape index (κ3) is 6.16. The Kier molecular flexibility index (Phi) is 7.32. The summed E-state index contributed by atoms with van der Waals surface area (Å²) < 4.78 is 1.14. The molecule has 0 fully saturated rings. The van der Waals surface area contributed by atoms with Crippen LogP contribution in [0.1, 0.15) is 45.4 Å². The minimum Gasteiger partial charge on any atom is -0.385 e. The molecule has 90 valence electrons. The van der Waals surface area contributed by atoms with Crippen molar-refractivity contribution < 1.29 is 0 Å². The van der Waals surface area contributed by atoms with Gasteiger partial charge in [0.25, 0.3) is 0 Å². The standard InChI is InChI=1S/C14H22BrN/c1-2-3-4-5-6-7-11-16-14-10-8-9-13(15)12-14/h8-10,12,16H,2-7,11H2,1H3. The lowest BCUT2D eigenvalue weighted by Gasteiger charge is -2.06. The van der Waals surface area contributed by atoms with E-state index in [1.165, 1.54) is 44.2 Å². The van der Waals surface area contributed by atoms with Crippen molar-refractivity contribution in [3.8, 4) is 0 Å². The van der Waals surface area contributed by atoms with Gasteiger partial charge in [-0.2, -0.15) is 0 Å². The van der Waals surface area contributed by atoms with Gasteiger partial charge in [-0.3, -0.25) is 0 Å². The SMILES string of the molecule is CCCCCCCCNc1cccc(Br)c1. The highest BCUT2D eigenvalue weighted by molar-refractivity contribution is 9.10. The molecule has 0 spiro atoms. The second-order valence-electron chi connectivity index (χ2n) is 4.20. The van der Waals surface area contributed by atoms with Gasteiger partial charge in [0.1, 0.15) is 0 Å². The molecule has 0 aliphatic rings.